The topological polar surface area (TPSA) is 46.6 Å². The van der Waals surface area contributed by atoms with Gasteiger partial charge < -0.3 is 4.74 Å². The number of carbonyl (C=O) groups is 2. The Hall–Kier alpha value is -1.49. The first-order valence-electron chi connectivity index (χ1n) is 6.79. The number of imide groups is 1. The largest absolute Gasteiger partial charge is 0.447 e. The lowest BCUT2D eigenvalue weighted by Gasteiger charge is -2.14. The van der Waals surface area contributed by atoms with Crippen molar-refractivity contribution < 1.29 is 14.3 Å². The van der Waals surface area contributed by atoms with E-state index in [-0.39, 0.29) is 11.2 Å². The van der Waals surface area contributed by atoms with Gasteiger partial charge in [-0.15, -0.1) is 0 Å². The van der Waals surface area contributed by atoms with Crippen LogP contribution in [0.2, 0.25) is 0 Å². The van der Waals surface area contributed by atoms with Crippen molar-refractivity contribution in [2.45, 2.75) is 25.0 Å². The van der Waals surface area contributed by atoms with Crippen molar-refractivity contribution in [1.82, 2.24) is 4.90 Å². The maximum absolute atomic E-state index is 11.9. The Labute approximate surface area is 123 Å². The summed E-state index contributed by atoms with van der Waals surface area (Å²) in [6.45, 7) is 2.73. The minimum absolute atomic E-state index is 0.132. The molecule has 1 saturated heterocycles. The van der Waals surface area contributed by atoms with E-state index in [9.17, 15) is 9.59 Å². The Morgan fingerprint density at radius 2 is 2.15 bits per heavy atom. The molecule has 1 heterocycles. The fraction of sp³-hybridized carbons (Fsp3) is 0.467. The molecule has 1 fully saturated rings. The first-order valence-corrected chi connectivity index (χ1v) is 7.84. The molecule has 0 radical (unpaired) electrons. The second kappa shape index (κ2) is 7.33. The van der Waals surface area contributed by atoms with Crippen LogP contribution in [0.4, 0.5) is 4.79 Å². The Morgan fingerprint density at radius 3 is 2.80 bits per heavy atom. The van der Waals surface area contributed by atoms with Gasteiger partial charge in [0.15, 0.2) is 0 Å². The molecule has 0 unspecified atom stereocenters. The molecule has 1 atom stereocenters. The molecular weight excluding hydrogens is 274 g/mol. The van der Waals surface area contributed by atoms with E-state index in [4.69, 9.17) is 4.74 Å². The van der Waals surface area contributed by atoms with Gasteiger partial charge in [-0.2, -0.15) is 11.8 Å². The van der Waals surface area contributed by atoms with Crippen molar-refractivity contribution in [3.05, 3.63) is 35.9 Å². The molecule has 5 heteroatoms. The summed E-state index contributed by atoms with van der Waals surface area (Å²) in [7, 11) is 0. The SMILES string of the molecule is C[C@@H](CC(=O)N1CCOC1=O)SCCc1ccccc1. The van der Waals surface area contributed by atoms with Crippen LogP contribution in [0.25, 0.3) is 0 Å². The lowest BCUT2D eigenvalue weighted by molar-refractivity contribution is -0.127. The van der Waals surface area contributed by atoms with Gasteiger partial charge in [-0.3, -0.25) is 4.79 Å². The van der Waals surface area contributed by atoms with Crippen molar-refractivity contribution in [2.24, 2.45) is 0 Å². The van der Waals surface area contributed by atoms with E-state index in [0.717, 1.165) is 12.2 Å². The fourth-order valence-corrected chi connectivity index (χ4v) is 3.07. The van der Waals surface area contributed by atoms with Crippen LogP contribution >= 0.6 is 11.8 Å². The maximum atomic E-state index is 11.9. The number of rotatable bonds is 6. The predicted octanol–water partition coefficient (Wildman–Crippen LogP) is 2.72. The molecule has 0 aliphatic carbocycles. The minimum atomic E-state index is -0.503. The number of thioether (sulfide) groups is 1. The molecule has 0 aromatic heterocycles. The zero-order chi connectivity index (χ0) is 14.4. The van der Waals surface area contributed by atoms with Gasteiger partial charge in [0.1, 0.15) is 6.61 Å². The van der Waals surface area contributed by atoms with Crippen LogP contribution in [0.1, 0.15) is 18.9 Å². The van der Waals surface area contributed by atoms with Crippen LogP contribution in [0.5, 0.6) is 0 Å². The van der Waals surface area contributed by atoms with Crippen molar-refractivity contribution in [3.8, 4) is 0 Å². The summed E-state index contributed by atoms with van der Waals surface area (Å²) in [6, 6.07) is 10.3. The van der Waals surface area contributed by atoms with E-state index in [2.05, 4.69) is 12.1 Å². The molecule has 0 spiro atoms. The van der Waals surface area contributed by atoms with E-state index < -0.39 is 6.09 Å². The first kappa shape index (κ1) is 14.9. The highest BCUT2D eigenvalue weighted by atomic mass is 32.2. The normalized spacial score (nSPS) is 16.1. The molecule has 1 aromatic rings. The Balaban J connectivity index is 1.68. The highest BCUT2D eigenvalue weighted by Gasteiger charge is 2.28. The van der Waals surface area contributed by atoms with E-state index in [1.807, 2.05) is 25.1 Å². The molecule has 0 N–H and O–H groups in total. The van der Waals surface area contributed by atoms with Gasteiger partial charge in [-0.25, -0.2) is 9.69 Å². The summed E-state index contributed by atoms with van der Waals surface area (Å²) in [6.07, 6.45) is 0.876. The smallest absolute Gasteiger partial charge is 0.416 e. The zero-order valence-electron chi connectivity index (χ0n) is 11.6. The molecule has 20 heavy (non-hydrogen) atoms. The predicted molar refractivity (Wildman–Crippen MR) is 79.7 cm³/mol. The fourth-order valence-electron chi connectivity index (χ4n) is 2.06. The van der Waals surface area contributed by atoms with Crippen LogP contribution in [-0.2, 0) is 16.0 Å². The molecule has 4 nitrogen and oxygen atoms in total. The summed E-state index contributed by atoms with van der Waals surface area (Å²) < 4.78 is 4.77. The van der Waals surface area contributed by atoms with Crippen LogP contribution < -0.4 is 0 Å². The molecule has 1 aliphatic heterocycles. The third-order valence-electron chi connectivity index (χ3n) is 3.16. The number of aryl methyl sites for hydroxylation is 1. The highest BCUT2D eigenvalue weighted by molar-refractivity contribution is 7.99. The van der Waals surface area contributed by atoms with Crippen molar-refractivity contribution in [2.75, 3.05) is 18.9 Å². The second-order valence-corrected chi connectivity index (χ2v) is 6.33. The van der Waals surface area contributed by atoms with Crippen LogP contribution in [0.15, 0.2) is 30.3 Å². The summed E-state index contributed by atoms with van der Waals surface area (Å²) in [4.78, 5) is 24.4. The monoisotopic (exact) mass is 293 g/mol. The number of carbonyl (C=O) groups excluding carboxylic acids is 2. The number of benzene rings is 1. The number of amides is 2. The van der Waals surface area contributed by atoms with E-state index >= 15 is 0 Å². The lowest BCUT2D eigenvalue weighted by atomic mass is 10.2. The van der Waals surface area contributed by atoms with Crippen LogP contribution in [0, 0.1) is 0 Å². The molecule has 0 bridgehead atoms. The average Bonchev–Trinajstić information content (AvgIpc) is 2.86. The standard InChI is InChI=1S/C15H19NO3S/c1-12(11-14(17)16-8-9-19-15(16)18)20-10-7-13-5-3-2-4-6-13/h2-6,12H,7-11H2,1H3/t12-/m0/s1. The van der Waals surface area contributed by atoms with Crippen molar-refractivity contribution in [1.29, 1.82) is 0 Å². The second-order valence-electron chi connectivity index (χ2n) is 4.78. The van der Waals surface area contributed by atoms with E-state index in [1.54, 1.807) is 11.8 Å². The molecule has 1 aromatic carbocycles. The summed E-state index contributed by atoms with van der Waals surface area (Å²) in [5.74, 6) is 0.843. The van der Waals surface area contributed by atoms with Crippen molar-refractivity contribution >= 4 is 23.8 Å². The van der Waals surface area contributed by atoms with E-state index in [1.165, 1.54) is 10.5 Å². The number of nitrogens with zero attached hydrogens (tertiary/aromatic N) is 1. The van der Waals surface area contributed by atoms with Crippen LogP contribution in [-0.4, -0.2) is 41.1 Å². The highest BCUT2D eigenvalue weighted by Crippen LogP contribution is 2.18. The molecule has 0 saturated carbocycles. The number of ether oxygens (including phenoxy) is 1. The number of hydrogen-bond acceptors (Lipinski definition) is 4. The molecule has 2 rings (SSSR count). The Bertz CT molecular complexity index is 463. The summed E-state index contributed by atoms with van der Waals surface area (Å²) in [5, 5.41) is 0.208. The number of hydrogen-bond donors (Lipinski definition) is 0. The minimum Gasteiger partial charge on any atom is -0.447 e. The first-order chi connectivity index (χ1) is 9.66. The molecule has 108 valence electrons. The summed E-state index contributed by atoms with van der Waals surface area (Å²) >= 11 is 1.76. The van der Waals surface area contributed by atoms with Gasteiger partial charge in [0.25, 0.3) is 0 Å². The average molecular weight is 293 g/mol. The van der Waals surface area contributed by atoms with Gasteiger partial charge in [0, 0.05) is 11.7 Å². The molecule has 2 amide bonds. The quantitative estimate of drug-likeness (QED) is 0.809. The van der Waals surface area contributed by atoms with E-state index in [0.29, 0.717) is 19.6 Å². The maximum Gasteiger partial charge on any atom is 0.416 e. The van der Waals surface area contributed by atoms with Gasteiger partial charge >= 0.3 is 6.09 Å². The van der Waals surface area contributed by atoms with Gasteiger partial charge in [-0.05, 0) is 17.7 Å². The van der Waals surface area contributed by atoms with Gasteiger partial charge in [0.2, 0.25) is 5.91 Å². The number of cyclic esters (lactones) is 1. The van der Waals surface area contributed by atoms with Gasteiger partial charge in [0.05, 0.1) is 6.54 Å². The third-order valence-corrected chi connectivity index (χ3v) is 4.34. The zero-order valence-corrected chi connectivity index (χ0v) is 12.4. The Kier molecular flexibility index (Phi) is 5.47. The summed E-state index contributed by atoms with van der Waals surface area (Å²) in [5.41, 5.74) is 1.31. The van der Waals surface area contributed by atoms with Crippen molar-refractivity contribution in [3.63, 3.8) is 0 Å². The molecule has 1 aliphatic rings. The lowest BCUT2D eigenvalue weighted by Crippen LogP contribution is -2.33. The van der Waals surface area contributed by atoms with Crippen LogP contribution in [0.3, 0.4) is 0 Å². The molecular formula is C15H19NO3S. The third kappa shape index (κ3) is 4.27. The Morgan fingerprint density at radius 1 is 1.40 bits per heavy atom. The van der Waals surface area contributed by atoms with Gasteiger partial charge in [-0.1, -0.05) is 37.3 Å².